The van der Waals surface area contributed by atoms with Crippen LogP contribution >= 0.6 is 0 Å². The summed E-state index contributed by atoms with van der Waals surface area (Å²) in [5, 5.41) is 2.11. The summed E-state index contributed by atoms with van der Waals surface area (Å²) in [5.41, 5.74) is 2.70. The highest BCUT2D eigenvalue weighted by atomic mass is 19.3. The number of halogens is 5. The van der Waals surface area contributed by atoms with Crippen molar-refractivity contribution in [2.24, 2.45) is 0 Å². The molecule has 274 valence electrons. The lowest BCUT2D eigenvalue weighted by Crippen LogP contribution is -2.05. The number of rotatable bonds is 21. The highest BCUT2D eigenvalue weighted by Gasteiger charge is 2.18. The minimum Gasteiger partial charge on any atom is -0.493 e. The van der Waals surface area contributed by atoms with Crippen LogP contribution in [0, 0.1) is 17.5 Å². The van der Waals surface area contributed by atoms with E-state index in [4.69, 9.17) is 14.2 Å². The lowest BCUT2D eigenvalue weighted by molar-refractivity contribution is -0.00711. The highest BCUT2D eigenvalue weighted by molar-refractivity contribution is 5.90. The van der Waals surface area contributed by atoms with Crippen molar-refractivity contribution in [3.63, 3.8) is 0 Å². The summed E-state index contributed by atoms with van der Waals surface area (Å²) in [7, 11) is 0. The summed E-state index contributed by atoms with van der Waals surface area (Å²) in [6.45, 7) is 8.23. The standard InChI is InChI=1S/C35H49FO3.C6H2F4O/c1-4-7-10-13-20-37-32-25-33(38-21-14-11-8-5-2)35(34(26-32)39-22-15-12-9-6-3)31-19-18-29-23-28(27-36)16-17-30(29)24-31;7-4-1-3(11-10)2-5(8)6(4)9/h16-19,23-26H,4-15,20-22,27H2,1-3H3;1-2H. The first-order chi connectivity index (χ1) is 24.3. The minimum atomic E-state index is -1.65. The molecule has 0 spiro atoms. The van der Waals surface area contributed by atoms with E-state index in [-0.39, 0.29) is 0 Å². The van der Waals surface area contributed by atoms with Gasteiger partial charge in [0.15, 0.2) is 23.2 Å². The molecule has 0 N–H and O–H groups in total. The molecule has 0 aliphatic rings. The maximum Gasteiger partial charge on any atom is 0.194 e. The maximum absolute atomic E-state index is 13.2. The van der Waals surface area contributed by atoms with Crippen LogP contribution in [0.1, 0.15) is 103 Å². The molecule has 0 aromatic heterocycles. The number of hydrogen-bond donors (Lipinski definition) is 0. The molecular weight excluding hydrogens is 651 g/mol. The molecule has 0 saturated carbocycles. The van der Waals surface area contributed by atoms with Gasteiger partial charge in [0.1, 0.15) is 23.9 Å². The Morgan fingerprint density at radius 1 is 0.520 bits per heavy atom. The average Bonchev–Trinajstić information content (AvgIpc) is 3.13. The van der Waals surface area contributed by atoms with E-state index in [0.29, 0.717) is 37.5 Å². The van der Waals surface area contributed by atoms with E-state index in [1.165, 1.54) is 44.9 Å². The molecule has 9 heteroatoms. The first kappa shape index (κ1) is 40.4. The van der Waals surface area contributed by atoms with Crippen molar-refractivity contribution in [2.45, 2.75) is 104 Å². The fourth-order valence-corrected chi connectivity index (χ4v) is 5.41. The normalized spacial score (nSPS) is 10.9. The number of alkyl halides is 1. The van der Waals surface area contributed by atoms with E-state index in [0.717, 1.165) is 71.3 Å². The van der Waals surface area contributed by atoms with Crippen molar-refractivity contribution in [2.75, 3.05) is 19.8 Å². The van der Waals surface area contributed by atoms with Crippen LogP contribution in [-0.4, -0.2) is 19.8 Å². The Morgan fingerprint density at radius 2 is 1.02 bits per heavy atom. The summed E-state index contributed by atoms with van der Waals surface area (Å²) >= 11 is 0. The molecule has 0 amide bonds. The van der Waals surface area contributed by atoms with Crippen LogP contribution in [0.2, 0.25) is 0 Å². The van der Waals surface area contributed by atoms with Crippen LogP contribution in [0.25, 0.3) is 21.9 Å². The minimum absolute atomic E-state index is 0.401. The van der Waals surface area contributed by atoms with Crippen LogP contribution < -0.4 is 19.2 Å². The lowest BCUT2D eigenvalue weighted by atomic mass is 9.98. The number of fused-ring (bicyclic) bond motifs is 1. The number of unbranched alkanes of at least 4 members (excludes halogenated alkanes) is 9. The van der Waals surface area contributed by atoms with E-state index < -0.39 is 29.9 Å². The molecule has 0 atom stereocenters. The van der Waals surface area contributed by atoms with Gasteiger partial charge in [0, 0.05) is 28.8 Å². The molecule has 4 rings (SSSR count). The Bertz CT molecular complexity index is 1520. The smallest absolute Gasteiger partial charge is 0.194 e. The lowest BCUT2D eigenvalue weighted by Gasteiger charge is -2.19. The van der Waals surface area contributed by atoms with E-state index >= 15 is 0 Å². The van der Waals surface area contributed by atoms with Crippen LogP contribution in [-0.2, 0) is 6.67 Å². The van der Waals surface area contributed by atoms with Gasteiger partial charge in [-0.3, -0.25) is 4.94 Å². The Hall–Kier alpha value is -4.01. The molecule has 0 heterocycles. The quantitative estimate of drug-likeness (QED) is 0.0492. The Morgan fingerprint density at radius 3 is 1.52 bits per heavy atom. The zero-order valence-corrected chi connectivity index (χ0v) is 29.6. The second kappa shape index (κ2) is 22.7. The van der Waals surface area contributed by atoms with E-state index in [1.54, 1.807) is 0 Å². The molecule has 0 aliphatic carbocycles. The summed E-state index contributed by atoms with van der Waals surface area (Å²) in [6, 6.07) is 17.0. The van der Waals surface area contributed by atoms with Crippen molar-refractivity contribution in [1.29, 1.82) is 0 Å². The fraction of sp³-hybridized carbons (Fsp3) is 0.463. The SMILES string of the molecule is CCCCCCOc1cc(OCCCCCC)c(-c2ccc3cc(CF)ccc3c2)c(OCCCCCC)c1.FOc1cc(F)c(F)c(F)c1. The number of hydrogen-bond acceptors (Lipinski definition) is 4. The Labute approximate surface area is 293 Å². The number of benzene rings is 4. The van der Waals surface area contributed by atoms with Gasteiger partial charge >= 0.3 is 0 Å². The zero-order chi connectivity index (χ0) is 36.1. The second-order valence-electron chi connectivity index (χ2n) is 12.3. The van der Waals surface area contributed by atoms with Gasteiger partial charge in [-0.05, 0) is 53.3 Å². The molecule has 0 bridgehead atoms. The van der Waals surface area contributed by atoms with Crippen LogP contribution in [0.15, 0.2) is 60.7 Å². The summed E-state index contributed by atoms with van der Waals surface area (Å²) in [5.74, 6) is -2.92. The fourth-order valence-electron chi connectivity index (χ4n) is 5.41. The monoisotopic (exact) mass is 702 g/mol. The third-order valence-corrected chi connectivity index (χ3v) is 8.21. The topological polar surface area (TPSA) is 36.9 Å². The second-order valence-corrected chi connectivity index (χ2v) is 12.3. The third kappa shape index (κ3) is 13.0. The van der Waals surface area contributed by atoms with Crippen LogP contribution in [0.3, 0.4) is 0 Å². The summed E-state index contributed by atoms with van der Waals surface area (Å²) in [6.07, 6.45) is 13.9. The predicted molar refractivity (Wildman–Crippen MR) is 191 cm³/mol. The Kier molecular flexibility index (Phi) is 18.3. The molecular formula is C41H51F5O4. The van der Waals surface area contributed by atoms with Crippen molar-refractivity contribution in [3.05, 3.63) is 83.7 Å². The average molecular weight is 703 g/mol. The molecule has 4 nitrogen and oxygen atoms in total. The van der Waals surface area contributed by atoms with Gasteiger partial charge < -0.3 is 14.2 Å². The molecule has 0 fully saturated rings. The number of ether oxygens (including phenoxy) is 3. The van der Waals surface area contributed by atoms with E-state index in [1.807, 2.05) is 30.3 Å². The third-order valence-electron chi connectivity index (χ3n) is 8.21. The van der Waals surface area contributed by atoms with Crippen molar-refractivity contribution in [1.82, 2.24) is 0 Å². The van der Waals surface area contributed by atoms with Crippen molar-refractivity contribution >= 4 is 10.8 Å². The van der Waals surface area contributed by atoms with Gasteiger partial charge in [0.2, 0.25) is 0 Å². The van der Waals surface area contributed by atoms with Crippen LogP contribution in [0.4, 0.5) is 22.1 Å². The van der Waals surface area contributed by atoms with Crippen LogP contribution in [0.5, 0.6) is 23.0 Å². The molecule has 0 radical (unpaired) electrons. The molecule has 0 unspecified atom stereocenters. The summed E-state index contributed by atoms with van der Waals surface area (Å²) in [4.78, 5) is 2.98. The Balaban J connectivity index is 0.000000521. The molecule has 50 heavy (non-hydrogen) atoms. The molecule has 0 saturated heterocycles. The molecule has 0 aliphatic heterocycles. The summed E-state index contributed by atoms with van der Waals surface area (Å²) < 4.78 is 80.1. The van der Waals surface area contributed by atoms with Gasteiger partial charge in [-0.25, -0.2) is 17.6 Å². The molecule has 4 aromatic rings. The maximum atomic E-state index is 13.2. The van der Waals surface area contributed by atoms with Gasteiger partial charge in [-0.15, -0.1) is 0 Å². The van der Waals surface area contributed by atoms with Crippen molar-refractivity contribution < 1.29 is 41.2 Å². The predicted octanol–water partition coefficient (Wildman–Crippen LogP) is 13.2. The largest absolute Gasteiger partial charge is 0.493 e. The van der Waals surface area contributed by atoms with Gasteiger partial charge in [0.25, 0.3) is 0 Å². The van der Waals surface area contributed by atoms with Crippen molar-refractivity contribution in [3.8, 4) is 34.1 Å². The zero-order valence-electron chi connectivity index (χ0n) is 29.6. The first-order valence-corrected chi connectivity index (χ1v) is 17.9. The highest BCUT2D eigenvalue weighted by Crippen LogP contribution is 2.43. The van der Waals surface area contributed by atoms with Gasteiger partial charge in [0.05, 0.1) is 25.4 Å². The van der Waals surface area contributed by atoms with E-state index in [2.05, 4.69) is 43.9 Å². The van der Waals surface area contributed by atoms with Gasteiger partial charge in [-0.2, -0.15) is 0 Å². The first-order valence-electron chi connectivity index (χ1n) is 17.9. The van der Waals surface area contributed by atoms with Gasteiger partial charge in [-0.1, -0.05) is 103 Å². The van der Waals surface area contributed by atoms with E-state index in [9.17, 15) is 22.1 Å². The molecule has 4 aromatic carbocycles.